The molecule has 2 heterocycles. The normalized spacial score (nSPS) is 15.3. The molecule has 0 unspecified atom stereocenters. The maximum atomic E-state index is 7.01. The zero-order chi connectivity index (χ0) is 47.9. The molecular formula is C68H51NO2. The summed E-state index contributed by atoms with van der Waals surface area (Å²) >= 11 is 0. The van der Waals surface area contributed by atoms with E-state index in [1.807, 2.05) is 0 Å². The van der Waals surface area contributed by atoms with Gasteiger partial charge in [-0.1, -0.05) is 181 Å². The van der Waals surface area contributed by atoms with E-state index < -0.39 is 0 Å². The van der Waals surface area contributed by atoms with Gasteiger partial charge < -0.3 is 13.7 Å². The van der Waals surface area contributed by atoms with Gasteiger partial charge >= 0.3 is 0 Å². The van der Waals surface area contributed by atoms with Gasteiger partial charge in [-0.15, -0.1) is 0 Å². The Hall–Kier alpha value is -8.14. The number of rotatable bonds is 4. The third kappa shape index (κ3) is 5.23. The molecule has 0 spiro atoms. The minimum atomic E-state index is -0.337. The first-order valence-corrected chi connectivity index (χ1v) is 25.2. The van der Waals surface area contributed by atoms with Gasteiger partial charge in [-0.25, -0.2) is 0 Å². The lowest BCUT2D eigenvalue weighted by Crippen LogP contribution is -2.24. The van der Waals surface area contributed by atoms with Crippen LogP contribution in [0.4, 0.5) is 17.1 Å². The van der Waals surface area contributed by atoms with E-state index in [0.29, 0.717) is 0 Å². The molecule has 3 aliphatic carbocycles. The Labute approximate surface area is 413 Å². The monoisotopic (exact) mass is 913 g/mol. The van der Waals surface area contributed by atoms with Gasteiger partial charge in [0.1, 0.15) is 22.3 Å². The molecule has 3 aliphatic rings. The van der Waals surface area contributed by atoms with Gasteiger partial charge in [0.2, 0.25) is 0 Å². The van der Waals surface area contributed by atoms with Crippen molar-refractivity contribution in [2.75, 3.05) is 4.90 Å². The lowest BCUT2D eigenvalue weighted by atomic mass is 9.72. The van der Waals surface area contributed by atoms with Crippen molar-refractivity contribution < 1.29 is 8.83 Å². The first-order chi connectivity index (χ1) is 34.4. The van der Waals surface area contributed by atoms with Crippen LogP contribution < -0.4 is 4.90 Å². The summed E-state index contributed by atoms with van der Waals surface area (Å²) in [6.45, 7) is 16.7. The van der Waals surface area contributed by atoms with E-state index in [1.54, 1.807) is 0 Å². The van der Waals surface area contributed by atoms with Crippen LogP contribution in [-0.4, -0.2) is 0 Å². The van der Waals surface area contributed by atoms with Gasteiger partial charge in [-0.3, -0.25) is 0 Å². The van der Waals surface area contributed by atoms with Crippen LogP contribution >= 0.6 is 0 Å². The summed E-state index contributed by atoms with van der Waals surface area (Å²) in [5.74, 6) is 0. The summed E-state index contributed by atoms with van der Waals surface area (Å²) < 4.78 is 13.9. The number of para-hydroxylation sites is 2. The van der Waals surface area contributed by atoms with E-state index in [0.717, 1.165) is 50.3 Å². The highest BCUT2D eigenvalue weighted by atomic mass is 16.3. The number of hydrogen-bond donors (Lipinski definition) is 0. The van der Waals surface area contributed by atoms with E-state index in [1.165, 1.54) is 105 Å². The molecule has 0 saturated carbocycles. The summed E-state index contributed by atoms with van der Waals surface area (Å²) in [5.41, 5.74) is 25.6. The second-order valence-corrected chi connectivity index (χ2v) is 22.0. The van der Waals surface area contributed by atoms with Crippen molar-refractivity contribution >= 4 is 71.7 Å². The zero-order valence-corrected chi connectivity index (χ0v) is 41.1. The Bertz CT molecular complexity index is 4340. The Balaban J connectivity index is 0.972. The summed E-state index contributed by atoms with van der Waals surface area (Å²) in [7, 11) is 0. The third-order valence-corrected chi connectivity index (χ3v) is 17.0. The molecule has 0 amide bonds. The van der Waals surface area contributed by atoms with Crippen molar-refractivity contribution in [3.05, 3.63) is 221 Å². The molecule has 340 valence electrons. The van der Waals surface area contributed by atoms with Crippen LogP contribution in [0.15, 0.2) is 191 Å². The molecule has 0 saturated heterocycles. The molecule has 0 aliphatic heterocycles. The third-order valence-electron chi connectivity index (χ3n) is 17.0. The molecule has 0 radical (unpaired) electrons. The number of benzene rings is 10. The number of nitrogens with zero attached hydrogens (tertiary/aromatic N) is 1. The van der Waals surface area contributed by atoms with Crippen LogP contribution in [0.5, 0.6) is 0 Å². The molecule has 12 aromatic rings. The number of fused-ring (bicyclic) bond motifs is 20. The highest BCUT2D eigenvalue weighted by molar-refractivity contribution is 6.22. The summed E-state index contributed by atoms with van der Waals surface area (Å²) in [6.07, 6.45) is 0. The zero-order valence-electron chi connectivity index (χ0n) is 41.1. The number of hydrogen-bond acceptors (Lipinski definition) is 3. The lowest BCUT2D eigenvalue weighted by molar-refractivity contribution is 0.600. The van der Waals surface area contributed by atoms with E-state index in [9.17, 15) is 0 Å². The van der Waals surface area contributed by atoms with E-state index in [2.05, 4.69) is 235 Å². The van der Waals surface area contributed by atoms with Crippen LogP contribution in [0.2, 0.25) is 0 Å². The Kier molecular flexibility index (Phi) is 7.91. The standard InChI is InChI=1S/C68H51NO2/c1-38-18-16-21-40(34-38)49-37-53-57(59-47-24-11-14-28-55(47)70-64(49)59)45-32-30-41(35-51(45)66(53,2)3)69(54-27-17-20-39-19-8-9-22-43(39)54)42-31-33-46-52(36-42)68(6,7)62-58(46)60-48-25-12-15-29-56(48)71-65(60)61-44-23-10-13-26-50(44)67(4,5)63(61)62/h8-37H,1-7H3. The van der Waals surface area contributed by atoms with Gasteiger partial charge in [-0.2, -0.15) is 0 Å². The highest BCUT2D eigenvalue weighted by Gasteiger charge is 2.49. The van der Waals surface area contributed by atoms with Gasteiger partial charge in [0, 0.05) is 65.7 Å². The van der Waals surface area contributed by atoms with Gasteiger partial charge in [0.05, 0.1) is 5.69 Å². The van der Waals surface area contributed by atoms with Crippen molar-refractivity contribution in [2.45, 2.75) is 64.7 Å². The van der Waals surface area contributed by atoms with Crippen molar-refractivity contribution in [3.8, 4) is 44.5 Å². The number of furan rings is 2. The molecule has 2 aromatic heterocycles. The molecule has 0 atom stereocenters. The van der Waals surface area contributed by atoms with Crippen molar-refractivity contribution in [1.29, 1.82) is 0 Å². The van der Waals surface area contributed by atoms with E-state index in [-0.39, 0.29) is 16.2 Å². The maximum Gasteiger partial charge on any atom is 0.144 e. The summed E-state index contributed by atoms with van der Waals surface area (Å²) in [5, 5.41) is 7.15. The number of anilines is 3. The highest BCUT2D eigenvalue weighted by Crippen LogP contribution is 2.64. The molecule has 15 rings (SSSR count). The molecule has 3 nitrogen and oxygen atoms in total. The fourth-order valence-electron chi connectivity index (χ4n) is 13.7. The van der Waals surface area contributed by atoms with Crippen molar-refractivity contribution in [1.82, 2.24) is 0 Å². The summed E-state index contributed by atoms with van der Waals surface area (Å²) in [6, 6.07) is 67.5. The van der Waals surface area contributed by atoms with E-state index in [4.69, 9.17) is 8.83 Å². The quantitative estimate of drug-likeness (QED) is 0.176. The predicted octanol–water partition coefficient (Wildman–Crippen LogP) is 19.0. The van der Waals surface area contributed by atoms with Gasteiger partial charge in [-0.05, 0) is 128 Å². The van der Waals surface area contributed by atoms with Gasteiger partial charge in [0.15, 0.2) is 0 Å². The average Bonchev–Trinajstić information content (AvgIpc) is 4.13. The molecule has 10 aromatic carbocycles. The predicted molar refractivity (Wildman–Crippen MR) is 296 cm³/mol. The van der Waals surface area contributed by atoms with E-state index >= 15 is 0 Å². The molecule has 3 heteroatoms. The molecule has 0 N–H and O–H groups in total. The molecular weight excluding hydrogens is 863 g/mol. The van der Waals surface area contributed by atoms with Gasteiger partial charge in [0.25, 0.3) is 0 Å². The Morgan fingerprint density at radius 1 is 0.380 bits per heavy atom. The first kappa shape index (κ1) is 40.7. The average molecular weight is 914 g/mol. The second-order valence-electron chi connectivity index (χ2n) is 22.0. The van der Waals surface area contributed by atoms with Crippen LogP contribution in [0.3, 0.4) is 0 Å². The van der Waals surface area contributed by atoms with Crippen LogP contribution in [0.25, 0.3) is 99.2 Å². The summed E-state index contributed by atoms with van der Waals surface area (Å²) in [4.78, 5) is 2.52. The molecule has 0 bridgehead atoms. The minimum Gasteiger partial charge on any atom is -0.455 e. The fraction of sp³-hybridized carbons (Fsp3) is 0.147. The van der Waals surface area contributed by atoms with Crippen LogP contribution in [0, 0.1) is 6.92 Å². The fourth-order valence-corrected chi connectivity index (χ4v) is 13.7. The molecule has 0 fully saturated rings. The Morgan fingerprint density at radius 2 is 0.930 bits per heavy atom. The van der Waals surface area contributed by atoms with Crippen molar-refractivity contribution in [2.24, 2.45) is 0 Å². The Morgan fingerprint density at radius 3 is 1.66 bits per heavy atom. The van der Waals surface area contributed by atoms with Crippen LogP contribution in [0.1, 0.15) is 80.5 Å². The minimum absolute atomic E-state index is 0.232. The SMILES string of the molecule is Cc1cccc(-c2cc3c(c4c2oc2ccccc24)-c2ccc(N(c4ccc5c(c4)C(C)(C)c4c6c(c7oc8ccccc8c7c4-5)-c4ccccc4C6(C)C)c4cccc5ccccc45)cc2C3(C)C)c1. The lowest BCUT2D eigenvalue weighted by Gasteiger charge is -2.32. The topological polar surface area (TPSA) is 29.5 Å². The van der Waals surface area contributed by atoms with Crippen molar-refractivity contribution in [3.63, 3.8) is 0 Å². The largest absolute Gasteiger partial charge is 0.455 e. The maximum absolute atomic E-state index is 7.01. The number of aryl methyl sites for hydroxylation is 1. The van der Waals surface area contributed by atoms with Crippen LogP contribution in [-0.2, 0) is 16.2 Å². The smallest absolute Gasteiger partial charge is 0.144 e. The second kappa shape index (κ2) is 13.8. The first-order valence-electron chi connectivity index (χ1n) is 25.2. The molecule has 71 heavy (non-hydrogen) atoms.